The topological polar surface area (TPSA) is 67.9 Å². The van der Waals surface area contributed by atoms with Gasteiger partial charge in [0.05, 0.1) is 6.10 Å². The fourth-order valence-electron chi connectivity index (χ4n) is 5.85. The number of hydrogen-bond acceptors (Lipinski definition) is 4. The van der Waals surface area contributed by atoms with Gasteiger partial charge >= 0.3 is 0 Å². The van der Waals surface area contributed by atoms with E-state index in [1.54, 1.807) is 4.90 Å². The Morgan fingerprint density at radius 1 is 1.35 bits per heavy atom. The quantitative estimate of drug-likeness (QED) is 0.592. The van der Waals surface area contributed by atoms with E-state index in [2.05, 4.69) is 28.9 Å². The highest BCUT2D eigenvalue weighted by atomic mass is 79.9. The monoisotopic (exact) mass is 493 g/mol. The molecule has 7 heteroatoms. The average Bonchev–Trinajstić information content (AvgIpc) is 3.14. The van der Waals surface area contributed by atoms with Crippen molar-refractivity contribution in [1.82, 2.24) is 4.90 Å². The number of ether oxygens (including phenoxy) is 1. The third-order valence-electron chi connectivity index (χ3n) is 7.35. The van der Waals surface area contributed by atoms with Crippen LogP contribution in [-0.2, 0) is 21.5 Å². The normalized spacial score (nSPS) is 31.0. The highest BCUT2D eigenvalue weighted by molar-refractivity contribution is 9.10. The molecule has 2 spiro atoms. The van der Waals surface area contributed by atoms with Crippen molar-refractivity contribution in [3.8, 4) is 0 Å². The first-order valence-electron chi connectivity index (χ1n) is 11.5. The van der Waals surface area contributed by atoms with Crippen LogP contribution in [-0.4, -0.2) is 35.3 Å². The molecule has 0 bridgehead atoms. The van der Waals surface area contributed by atoms with Gasteiger partial charge in [-0.2, -0.15) is 0 Å². The number of fused-ring (bicyclic) bond motifs is 3. The maximum absolute atomic E-state index is 14.2. The third-order valence-corrected chi connectivity index (χ3v) is 7.84. The molecule has 31 heavy (non-hydrogen) atoms. The van der Waals surface area contributed by atoms with Crippen LogP contribution in [0.1, 0.15) is 76.8 Å². The van der Waals surface area contributed by atoms with Crippen LogP contribution >= 0.6 is 15.9 Å². The zero-order chi connectivity index (χ0) is 22.4. The minimum absolute atomic E-state index is 0.0254. The molecule has 1 heterocycles. The molecule has 2 unspecified atom stereocenters. The van der Waals surface area contributed by atoms with E-state index >= 15 is 0 Å². The number of benzene rings is 1. The number of carbonyl (C=O) groups is 1. The number of aliphatic imine (C=N–C) groups is 1. The van der Waals surface area contributed by atoms with Crippen molar-refractivity contribution in [2.24, 2.45) is 16.1 Å². The van der Waals surface area contributed by atoms with E-state index in [0.717, 1.165) is 60.5 Å². The molecule has 1 amide bonds. The van der Waals surface area contributed by atoms with Gasteiger partial charge in [-0.1, -0.05) is 35.3 Å². The Labute approximate surface area is 192 Å². The predicted octanol–water partition coefficient (Wildman–Crippen LogP) is 5.20. The van der Waals surface area contributed by atoms with Gasteiger partial charge in [-0.25, -0.2) is 9.38 Å². The number of hydrogen-bond donors (Lipinski definition) is 1. The molecule has 2 aliphatic carbocycles. The van der Waals surface area contributed by atoms with Crippen LogP contribution in [0, 0.1) is 5.41 Å². The van der Waals surface area contributed by atoms with Crippen molar-refractivity contribution in [3.05, 3.63) is 33.8 Å². The molecule has 2 N–H and O–H groups in total. The van der Waals surface area contributed by atoms with Crippen LogP contribution < -0.4 is 5.73 Å². The van der Waals surface area contributed by atoms with E-state index in [9.17, 15) is 9.18 Å². The molecule has 0 radical (unpaired) electrons. The van der Waals surface area contributed by atoms with E-state index < -0.39 is 11.9 Å². The Hall–Kier alpha value is -1.47. The van der Waals surface area contributed by atoms with Crippen LogP contribution in [0.5, 0.6) is 0 Å². The van der Waals surface area contributed by atoms with Crippen molar-refractivity contribution in [2.45, 2.75) is 96.2 Å². The van der Waals surface area contributed by atoms with Gasteiger partial charge in [-0.3, -0.25) is 9.69 Å². The summed E-state index contributed by atoms with van der Waals surface area (Å²) in [4.78, 5) is 20.5. The number of nitrogens with two attached hydrogens (primary N) is 1. The van der Waals surface area contributed by atoms with Gasteiger partial charge in [0.1, 0.15) is 0 Å². The van der Waals surface area contributed by atoms with E-state index in [1.165, 1.54) is 0 Å². The van der Waals surface area contributed by atoms with E-state index in [4.69, 9.17) is 15.5 Å². The summed E-state index contributed by atoms with van der Waals surface area (Å²) in [6.07, 6.45) is 4.70. The van der Waals surface area contributed by atoms with Crippen molar-refractivity contribution in [1.29, 1.82) is 0 Å². The summed E-state index contributed by atoms with van der Waals surface area (Å²) < 4.78 is 20.9. The van der Waals surface area contributed by atoms with Crippen LogP contribution in [0.25, 0.3) is 0 Å². The van der Waals surface area contributed by atoms with E-state index in [1.807, 2.05) is 26.0 Å². The van der Waals surface area contributed by atoms with Gasteiger partial charge in [0.2, 0.25) is 0 Å². The number of nitrogens with zero attached hydrogens (tertiary/aromatic N) is 2. The number of guanidine groups is 1. The number of alkyl halides is 1. The van der Waals surface area contributed by atoms with E-state index in [0.29, 0.717) is 12.4 Å². The molecule has 0 aromatic heterocycles. The summed E-state index contributed by atoms with van der Waals surface area (Å²) in [5.74, 6) is 0.275. The van der Waals surface area contributed by atoms with Gasteiger partial charge < -0.3 is 10.5 Å². The molecule has 1 aliphatic heterocycles. The second-order valence-corrected chi connectivity index (χ2v) is 10.5. The van der Waals surface area contributed by atoms with Gasteiger partial charge in [-0.05, 0) is 75.6 Å². The zero-order valence-corrected chi connectivity index (χ0v) is 20.3. The first-order chi connectivity index (χ1) is 14.7. The standard InChI is InChI=1S/C24H33BrFN3O2/c1-4-5-6-20(26)31-18-9-11-23(12-10-18)14-16-7-8-17(25)13-19(16)24(23)21(30)29(15(2)3)22(27)28-24/h7-8,13,15,18,20H,4-6,9-12,14H2,1-3H3,(H2,27,28). The Morgan fingerprint density at radius 3 is 2.68 bits per heavy atom. The van der Waals surface area contributed by atoms with Crippen molar-refractivity contribution in [2.75, 3.05) is 0 Å². The fraction of sp³-hybridized carbons (Fsp3) is 0.667. The van der Waals surface area contributed by atoms with E-state index in [-0.39, 0.29) is 23.5 Å². The Balaban J connectivity index is 1.65. The Morgan fingerprint density at radius 2 is 2.06 bits per heavy atom. The molecule has 1 fully saturated rings. The third kappa shape index (κ3) is 3.62. The van der Waals surface area contributed by atoms with Crippen LogP contribution in [0.2, 0.25) is 0 Å². The van der Waals surface area contributed by atoms with Crippen LogP contribution in [0.4, 0.5) is 4.39 Å². The lowest BCUT2D eigenvalue weighted by atomic mass is 9.61. The minimum Gasteiger partial charge on any atom is -0.369 e. The number of rotatable bonds is 6. The molecule has 2 atom stereocenters. The molecule has 5 nitrogen and oxygen atoms in total. The maximum Gasteiger partial charge on any atom is 0.262 e. The summed E-state index contributed by atoms with van der Waals surface area (Å²) >= 11 is 3.58. The van der Waals surface area contributed by atoms with Crippen molar-refractivity contribution in [3.63, 3.8) is 0 Å². The summed E-state index contributed by atoms with van der Waals surface area (Å²) in [6.45, 7) is 5.98. The van der Waals surface area contributed by atoms with Crippen molar-refractivity contribution >= 4 is 27.8 Å². The van der Waals surface area contributed by atoms with Crippen LogP contribution in [0.3, 0.4) is 0 Å². The Kier molecular flexibility index (Phi) is 6.21. The number of amides is 1. The molecule has 0 saturated heterocycles. The molecule has 1 saturated carbocycles. The lowest BCUT2D eigenvalue weighted by Crippen LogP contribution is -2.53. The second kappa shape index (κ2) is 8.47. The summed E-state index contributed by atoms with van der Waals surface area (Å²) in [6, 6.07) is 6.09. The van der Waals surface area contributed by atoms with Crippen LogP contribution in [0.15, 0.2) is 27.7 Å². The first-order valence-corrected chi connectivity index (χ1v) is 12.3. The lowest BCUT2D eigenvalue weighted by Gasteiger charge is -2.45. The smallest absolute Gasteiger partial charge is 0.262 e. The summed E-state index contributed by atoms with van der Waals surface area (Å²) in [7, 11) is 0. The molecule has 3 aliphatic rings. The average molecular weight is 494 g/mol. The SMILES string of the molecule is CCCCC(F)OC1CCC2(CC1)Cc1ccc(Br)cc1C21N=C(N)N(C(C)C)C1=O. The van der Waals surface area contributed by atoms with Gasteiger partial charge in [-0.15, -0.1) is 0 Å². The number of halogens is 2. The number of carbonyl (C=O) groups excluding carboxylic acids is 1. The fourth-order valence-corrected chi connectivity index (χ4v) is 6.21. The lowest BCUT2D eigenvalue weighted by molar-refractivity contribution is -0.143. The molecule has 4 rings (SSSR count). The zero-order valence-electron chi connectivity index (χ0n) is 18.7. The summed E-state index contributed by atoms with van der Waals surface area (Å²) in [5, 5.41) is 0. The molecular weight excluding hydrogens is 461 g/mol. The summed E-state index contributed by atoms with van der Waals surface area (Å²) in [5.41, 5.74) is 7.09. The molecular formula is C24H33BrFN3O2. The first kappa shape index (κ1) is 22.7. The maximum atomic E-state index is 14.2. The van der Waals surface area contributed by atoms with Gasteiger partial charge in [0, 0.05) is 22.4 Å². The predicted molar refractivity (Wildman–Crippen MR) is 123 cm³/mol. The Bertz CT molecular complexity index is 882. The molecule has 170 valence electrons. The second-order valence-electron chi connectivity index (χ2n) is 9.60. The van der Waals surface area contributed by atoms with Gasteiger partial charge in [0.25, 0.3) is 5.91 Å². The molecule has 1 aromatic carbocycles. The highest BCUT2D eigenvalue weighted by Crippen LogP contribution is 2.62. The highest BCUT2D eigenvalue weighted by Gasteiger charge is 2.66. The van der Waals surface area contributed by atoms with Gasteiger partial charge in [0.15, 0.2) is 17.9 Å². The molecule has 1 aromatic rings. The number of unbranched alkanes of at least 4 members (excludes halogenated alkanes) is 1. The largest absolute Gasteiger partial charge is 0.369 e. The minimum atomic E-state index is -1.21. The van der Waals surface area contributed by atoms with Crippen molar-refractivity contribution < 1.29 is 13.9 Å².